The Labute approximate surface area is 145 Å². The van der Waals surface area contributed by atoms with Gasteiger partial charge in [-0.1, -0.05) is 0 Å². The van der Waals surface area contributed by atoms with Gasteiger partial charge >= 0.3 is 0 Å². The smallest absolute Gasteiger partial charge is 0.241 e. The molecule has 1 heterocycles. The second kappa shape index (κ2) is 4.29. The Kier molecular flexibility index (Phi) is 1.75. The second-order valence-corrected chi connectivity index (χ2v) is 8.25. The van der Waals surface area contributed by atoms with Crippen molar-refractivity contribution in [2.75, 3.05) is 0 Å². The van der Waals surface area contributed by atoms with Gasteiger partial charge in [-0.25, -0.2) is 0 Å². The van der Waals surface area contributed by atoms with Gasteiger partial charge in [0.05, 0.1) is 20.4 Å². The summed E-state index contributed by atoms with van der Waals surface area (Å²) < 4.78 is 49.8. The van der Waals surface area contributed by atoms with E-state index in [1.165, 1.54) is 0 Å². The van der Waals surface area contributed by atoms with Crippen molar-refractivity contribution in [1.82, 2.24) is 4.90 Å². The van der Waals surface area contributed by atoms with Crippen LogP contribution in [-0.4, -0.2) is 39.6 Å². The Hall–Kier alpha value is -1.12. The molecule has 1 saturated heterocycles. The van der Waals surface area contributed by atoms with Crippen LogP contribution < -0.4 is 5.73 Å². The molecule has 0 spiro atoms. The maximum atomic E-state index is 13.6. The molecule has 0 radical (unpaired) electrons. The maximum absolute atomic E-state index is 13.6. The molecule has 1 amide bonds. The van der Waals surface area contributed by atoms with Gasteiger partial charge in [0.2, 0.25) is 5.91 Å². The van der Waals surface area contributed by atoms with Crippen molar-refractivity contribution in [1.29, 1.82) is 5.26 Å². The number of hydrogen-bond acceptors (Lipinski definition) is 4. The highest BCUT2D eigenvalue weighted by atomic mass is 16.3. The molecular formula is C18H25N3O2. The normalized spacial score (nSPS) is 66.6. The van der Waals surface area contributed by atoms with E-state index >= 15 is 0 Å². The van der Waals surface area contributed by atoms with Crippen molar-refractivity contribution >= 4 is 5.91 Å². The predicted molar refractivity (Wildman–Crippen MR) is 82.8 cm³/mol. The minimum Gasteiger partial charge on any atom is -0.390 e. The van der Waals surface area contributed by atoms with Crippen molar-refractivity contribution < 1.29 is 18.1 Å². The highest BCUT2D eigenvalue weighted by Crippen LogP contribution is 2.63. The van der Waals surface area contributed by atoms with Gasteiger partial charge in [0.1, 0.15) is 6.02 Å². The lowest BCUT2D eigenvalue weighted by Gasteiger charge is -2.61. The summed E-state index contributed by atoms with van der Waals surface area (Å²) in [5, 5.41) is 20.6. The van der Waals surface area contributed by atoms with Crippen LogP contribution in [0.4, 0.5) is 0 Å². The molecular weight excluding hydrogens is 290 g/mol. The molecule has 5 heteroatoms. The van der Waals surface area contributed by atoms with Gasteiger partial charge in [-0.2, -0.15) is 5.26 Å². The van der Waals surface area contributed by atoms with Gasteiger partial charge in [-0.3, -0.25) is 4.79 Å². The summed E-state index contributed by atoms with van der Waals surface area (Å²) in [6.45, 7) is 0. The van der Waals surface area contributed by atoms with E-state index in [9.17, 15) is 15.2 Å². The number of carbonyl (C=O) groups is 1. The Morgan fingerprint density at radius 3 is 2.74 bits per heavy atom. The van der Waals surface area contributed by atoms with Crippen LogP contribution in [0.2, 0.25) is 0 Å². The first-order valence-corrected chi connectivity index (χ1v) is 8.42. The van der Waals surface area contributed by atoms with Crippen LogP contribution in [0.25, 0.3) is 0 Å². The van der Waals surface area contributed by atoms with Gasteiger partial charge < -0.3 is 15.7 Å². The average molecular weight is 321 g/mol. The van der Waals surface area contributed by atoms with Crippen LogP contribution in [-0.2, 0) is 4.79 Å². The fraction of sp³-hybridized carbons (Fsp3) is 0.889. The molecule has 6 atom stereocenters. The molecule has 5 nitrogen and oxygen atoms in total. The zero-order valence-corrected chi connectivity index (χ0v) is 12.9. The quantitative estimate of drug-likeness (QED) is 0.798. The van der Waals surface area contributed by atoms with E-state index in [2.05, 4.69) is 0 Å². The molecule has 5 aliphatic carbocycles. The van der Waals surface area contributed by atoms with E-state index in [-0.39, 0.29) is 18.3 Å². The van der Waals surface area contributed by atoms with Crippen LogP contribution >= 0.6 is 0 Å². The second-order valence-electron chi connectivity index (χ2n) is 8.25. The number of rotatable bonds is 2. The Morgan fingerprint density at radius 1 is 1.43 bits per heavy atom. The van der Waals surface area contributed by atoms with Crippen molar-refractivity contribution in [3.63, 3.8) is 0 Å². The molecule has 4 bridgehead atoms. The predicted octanol–water partition coefficient (Wildman–Crippen LogP) is 1.16. The molecule has 0 aromatic heterocycles. The first kappa shape index (κ1) is 9.39. The van der Waals surface area contributed by atoms with Crippen molar-refractivity contribution in [2.45, 2.75) is 74.9 Å². The number of fused-ring (bicyclic) bond motifs is 1. The van der Waals surface area contributed by atoms with Gasteiger partial charge in [0.15, 0.2) is 0 Å². The fourth-order valence-corrected chi connectivity index (χ4v) is 6.03. The molecule has 3 N–H and O–H groups in total. The van der Waals surface area contributed by atoms with Gasteiger partial charge in [0.25, 0.3) is 0 Å². The van der Waals surface area contributed by atoms with E-state index < -0.39 is 53.7 Å². The zero-order valence-electron chi connectivity index (χ0n) is 18.9. The Balaban J connectivity index is 1.56. The molecule has 23 heavy (non-hydrogen) atoms. The topological polar surface area (TPSA) is 90.4 Å². The number of nitrogens with zero attached hydrogens (tertiary/aromatic N) is 2. The molecule has 6 rings (SSSR count). The van der Waals surface area contributed by atoms with Crippen LogP contribution in [0.5, 0.6) is 0 Å². The summed E-state index contributed by atoms with van der Waals surface area (Å²) in [4.78, 5) is 14.2. The third-order valence-corrected chi connectivity index (χ3v) is 6.52. The Bertz CT molecular complexity index is 843. The summed E-state index contributed by atoms with van der Waals surface area (Å²) in [7, 11) is 0. The number of amides is 1. The fourth-order valence-electron chi connectivity index (χ4n) is 6.03. The molecule has 2 unspecified atom stereocenters. The maximum Gasteiger partial charge on any atom is 0.241 e. The molecule has 0 aromatic carbocycles. The van der Waals surface area contributed by atoms with Gasteiger partial charge in [-0.15, -0.1) is 0 Å². The third kappa shape index (κ3) is 1.88. The number of hydrogen-bond donors (Lipinski definition) is 2. The van der Waals surface area contributed by atoms with E-state index in [1.54, 1.807) is 6.07 Å². The molecule has 6 fully saturated rings. The number of carbonyl (C=O) groups excluding carboxylic acids is 1. The van der Waals surface area contributed by atoms with E-state index in [0.717, 1.165) is 6.42 Å². The monoisotopic (exact) mass is 321 g/mol. The lowest BCUT2D eigenvalue weighted by Crippen LogP contribution is -2.64. The minimum absolute atomic E-state index is 0.157. The molecule has 1 aliphatic heterocycles. The van der Waals surface area contributed by atoms with Crippen molar-refractivity contribution in [3.8, 4) is 6.07 Å². The largest absolute Gasteiger partial charge is 0.390 e. The number of aliphatic hydroxyl groups is 1. The summed E-state index contributed by atoms with van der Waals surface area (Å²) in [5.74, 6) is -2.06. The first-order chi connectivity index (χ1) is 13.2. The van der Waals surface area contributed by atoms with Crippen molar-refractivity contribution in [3.05, 3.63) is 0 Å². The Morgan fingerprint density at radius 2 is 2.13 bits per heavy atom. The molecule has 5 saturated carbocycles. The SMILES string of the molecule is [2H]C1([2H])[C@H]2[C@@H]1C([2H])([2H])[C@@]([2H])(C#N)N2C(=O)[C@]([2H])(N)C12CC3CC(CC(O)(C3)C1)C2. The van der Waals surface area contributed by atoms with Crippen LogP contribution in [0.3, 0.4) is 0 Å². The first-order valence-electron chi connectivity index (χ1n) is 11.4. The van der Waals surface area contributed by atoms with Gasteiger partial charge in [-0.05, 0) is 74.4 Å². The van der Waals surface area contributed by atoms with E-state index in [4.69, 9.17) is 14.0 Å². The van der Waals surface area contributed by atoms with Crippen LogP contribution in [0, 0.1) is 34.5 Å². The number of nitrogens with two attached hydrogens (primary N) is 1. The highest BCUT2D eigenvalue weighted by molar-refractivity contribution is 5.84. The third-order valence-electron chi connectivity index (χ3n) is 6.52. The lowest BCUT2D eigenvalue weighted by molar-refractivity contribution is -0.177. The zero-order chi connectivity index (χ0) is 21.4. The van der Waals surface area contributed by atoms with E-state index in [0.29, 0.717) is 30.6 Å². The van der Waals surface area contributed by atoms with Crippen molar-refractivity contribution in [2.24, 2.45) is 28.9 Å². The average Bonchev–Trinajstić information content (AvgIpc) is 3.06. The molecule has 0 aromatic rings. The lowest BCUT2D eigenvalue weighted by atomic mass is 9.46. The minimum atomic E-state index is -2.64. The molecule has 124 valence electrons. The van der Waals surface area contributed by atoms with Crippen LogP contribution in [0.15, 0.2) is 0 Å². The summed E-state index contributed by atoms with van der Waals surface area (Å²) in [5.41, 5.74) is 4.36. The van der Waals surface area contributed by atoms with Gasteiger partial charge in [0, 0.05) is 11.5 Å². The number of piperidine rings is 1. The summed E-state index contributed by atoms with van der Waals surface area (Å²) in [6.07, 6.45) is -1.30. The van der Waals surface area contributed by atoms with E-state index in [1.807, 2.05) is 0 Å². The number of likely N-dealkylation sites (tertiary alicyclic amines) is 1. The highest BCUT2D eigenvalue weighted by Gasteiger charge is 2.62. The molecule has 6 aliphatic rings. The summed E-state index contributed by atoms with van der Waals surface area (Å²) >= 11 is 0. The van der Waals surface area contributed by atoms with Crippen LogP contribution in [0.1, 0.15) is 59.5 Å². The standard InChI is InChI=1S/C18H25N3O2/c19-8-13-2-12-3-14(12)21(13)16(22)15(20)17-4-10-1-11(5-17)7-18(23,6-10)9-17/h10-15,23H,1-7,9,20H2/t10?,11?,12-,13+,14+,15+,17?,18?/m1/s1/i2D2,3D2,13D,15D. The number of nitriles is 1. The summed E-state index contributed by atoms with van der Waals surface area (Å²) in [6, 6.07) is -4.64.